The SMILES string of the molecule is CCOC(=O)c1ccc(Cl)c(C(C)=O)c1. The Bertz CT molecular complexity index is 399. The van der Waals surface area contributed by atoms with Gasteiger partial charge >= 0.3 is 5.97 Å². The monoisotopic (exact) mass is 226 g/mol. The lowest BCUT2D eigenvalue weighted by atomic mass is 10.1. The Hall–Kier alpha value is -1.35. The largest absolute Gasteiger partial charge is 0.462 e. The van der Waals surface area contributed by atoms with Gasteiger partial charge in [0, 0.05) is 5.56 Å². The van der Waals surface area contributed by atoms with Gasteiger partial charge in [-0.3, -0.25) is 4.79 Å². The van der Waals surface area contributed by atoms with Gasteiger partial charge in [-0.25, -0.2) is 4.79 Å². The van der Waals surface area contributed by atoms with Crippen molar-refractivity contribution in [1.29, 1.82) is 0 Å². The van der Waals surface area contributed by atoms with E-state index in [9.17, 15) is 9.59 Å². The second kappa shape index (κ2) is 4.94. The minimum Gasteiger partial charge on any atom is -0.462 e. The van der Waals surface area contributed by atoms with E-state index in [1.807, 2.05) is 0 Å². The molecule has 0 atom stereocenters. The number of carbonyl (C=O) groups excluding carboxylic acids is 2. The molecule has 0 radical (unpaired) electrons. The third kappa shape index (κ3) is 2.80. The molecule has 3 nitrogen and oxygen atoms in total. The standard InChI is InChI=1S/C11H11ClO3/c1-3-15-11(14)8-4-5-10(12)9(6-8)7(2)13/h4-6H,3H2,1-2H3. The minimum absolute atomic E-state index is 0.175. The van der Waals surface area contributed by atoms with Crippen molar-refractivity contribution in [3.05, 3.63) is 34.3 Å². The molecule has 0 saturated carbocycles. The van der Waals surface area contributed by atoms with Gasteiger partial charge in [-0.2, -0.15) is 0 Å². The van der Waals surface area contributed by atoms with Crippen LogP contribution >= 0.6 is 11.6 Å². The average Bonchev–Trinajstić information content (AvgIpc) is 2.18. The highest BCUT2D eigenvalue weighted by Crippen LogP contribution is 2.18. The average molecular weight is 227 g/mol. The van der Waals surface area contributed by atoms with Crippen LogP contribution in [0.25, 0.3) is 0 Å². The van der Waals surface area contributed by atoms with Crippen molar-refractivity contribution in [3.8, 4) is 0 Å². The molecular weight excluding hydrogens is 216 g/mol. The van der Waals surface area contributed by atoms with E-state index in [0.29, 0.717) is 22.8 Å². The minimum atomic E-state index is -0.448. The lowest BCUT2D eigenvalue weighted by molar-refractivity contribution is 0.0526. The number of Topliss-reactive ketones (excluding diaryl/α,β-unsaturated/α-hetero) is 1. The van der Waals surface area contributed by atoms with Crippen molar-refractivity contribution >= 4 is 23.4 Å². The molecule has 0 bridgehead atoms. The first-order valence-corrected chi connectivity index (χ1v) is 4.91. The van der Waals surface area contributed by atoms with Gasteiger partial charge < -0.3 is 4.74 Å². The molecule has 0 aliphatic rings. The Morgan fingerprint density at radius 2 is 2.07 bits per heavy atom. The molecule has 0 spiro atoms. The molecule has 0 amide bonds. The number of ether oxygens (including phenoxy) is 1. The van der Waals surface area contributed by atoms with Crippen LogP contribution in [0.3, 0.4) is 0 Å². The summed E-state index contributed by atoms with van der Waals surface area (Å²) >= 11 is 5.80. The Morgan fingerprint density at radius 1 is 1.40 bits per heavy atom. The van der Waals surface area contributed by atoms with E-state index < -0.39 is 5.97 Å². The first-order chi connectivity index (χ1) is 7.06. The second-order valence-corrected chi connectivity index (χ2v) is 3.38. The van der Waals surface area contributed by atoms with Crippen LogP contribution in [0.4, 0.5) is 0 Å². The highest BCUT2D eigenvalue weighted by atomic mass is 35.5. The number of rotatable bonds is 3. The second-order valence-electron chi connectivity index (χ2n) is 2.97. The van der Waals surface area contributed by atoms with Crippen LogP contribution in [-0.4, -0.2) is 18.4 Å². The zero-order chi connectivity index (χ0) is 11.4. The Morgan fingerprint density at radius 3 is 2.60 bits per heavy atom. The molecule has 80 valence electrons. The van der Waals surface area contributed by atoms with Crippen LogP contribution < -0.4 is 0 Å². The number of esters is 1. The molecule has 1 rings (SSSR count). The van der Waals surface area contributed by atoms with Crippen molar-refractivity contribution in [2.24, 2.45) is 0 Å². The number of ketones is 1. The Labute approximate surface area is 93.0 Å². The summed E-state index contributed by atoms with van der Waals surface area (Å²) in [7, 11) is 0. The van der Waals surface area contributed by atoms with Gasteiger partial charge in [0.25, 0.3) is 0 Å². The maximum absolute atomic E-state index is 11.4. The van der Waals surface area contributed by atoms with E-state index in [2.05, 4.69) is 0 Å². The molecule has 0 unspecified atom stereocenters. The van der Waals surface area contributed by atoms with Crippen molar-refractivity contribution in [2.45, 2.75) is 13.8 Å². The van der Waals surface area contributed by atoms with Gasteiger partial charge in [-0.1, -0.05) is 11.6 Å². The summed E-state index contributed by atoms with van der Waals surface area (Å²) in [5.74, 6) is -0.622. The molecule has 0 N–H and O–H groups in total. The van der Waals surface area contributed by atoms with Gasteiger partial charge in [-0.15, -0.1) is 0 Å². The summed E-state index contributed by atoms with van der Waals surface area (Å²) in [4.78, 5) is 22.5. The van der Waals surface area contributed by atoms with Gasteiger partial charge in [0.05, 0.1) is 17.2 Å². The first kappa shape index (κ1) is 11.7. The topological polar surface area (TPSA) is 43.4 Å². The zero-order valence-electron chi connectivity index (χ0n) is 8.54. The summed E-state index contributed by atoms with van der Waals surface area (Å²) in [5, 5.41) is 0.343. The van der Waals surface area contributed by atoms with E-state index in [1.54, 1.807) is 6.92 Å². The van der Waals surface area contributed by atoms with Crippen molar-refractivity contribution in [3.63, 3.8) is 0 Å². The molecular formula is C11H11ClO3. The van der Waals surface area contributed by atoms with Gasteiger partial charge in [0.15, 0.2) is 5.78 Å². The van der Waals surface area contributed by atoms with Crippen LogP contribution in [0.2, 0.25) is 5.02 Å². The quantitative estimate of drug-likeness (QED) is 0.588. The summed E-state index contributed by atoms with van der Waals surface area (Å²) in [6.45, 7) is 3.42. The summed E-state index contributed by atoms with van der Waals surface area (Å²) in [5.41, 5.74) is 0.675. The molecule has 0 aliphatic carbocycles. The smallest absolute Gasteiger partial charge is 0.338 e. The summed E-state index contributed by atoms with van der Waals surface area (Å²) in [6.07, 6.45) is 0. The molecule has 4 heteroatoms. The molecule has 1 aromatic carbocycles. The number of halogens is 1. The lowest BCUT2D eigenvalue weighted by Gasteiger charge is -2.04. The normalized spacial score (nSPS) is 9.80. The lowest BCUT2D eigenvalue weighted by Crippen LogP contribution is -2.06. The number of hydrogen-bond donors (Lipinski definition) is 0. The summed E-state index contributed by atoms with van der Waals surface area (Å²) < 4.78 is 4.81. The molecule has 15 heavy (non-hydrogen) atoms. The van der Waals surface area contributed by atoms with Crippen LogP contribution in [0.1, 0.15) is 34.6 Å². The summed E-state index contributed by atoms with van der Waals surface area (Å²) in [6, 6.07) is 4.50. The van der Waals surface area contributed by atoms with Crippen molar-refractivity contribution in [2.75, 3.05) is 6.61 Å². The fraction of sp³-hybridized carbons (Fsp3) is 0.273. The number of benzene rings is 1. The van der Waals surface area contributed by atoms with Crippen LogP contribution in [0.15, 0.2) is 18.2 Å². The molecule has 0 heterocycles. The maximum atomic E-state index is 11.4. The predicted octanol–water partition coefficient (Wildman–Crippen LogP) is 2.72. The Balaban J connectivity index is 3.07. The van der Waals surface area contributed by atoms with Crippen molar-refractivity contribution < 1.29 is 14.3 Å². The van der Waals surface area contributed by atoms with Crippen LogP contribution in [0.5, 0.6) is 0 Å². The predicted molar refractivity (Wildman–Crippen MR) is 57.4 cm³/mol. The van der Waals surface area contributed by atoms with Gasteiger partial charge in [0.2, 0.25) is 0 Å². The fourth-order valence-corrected chi connectivity index (χ4v) is 1.39. The van der Waals surface area contributed by atoms with Gasteiger partial charge in [0.1, 0.15) is 0 Å². The first-order valence-electron chi connectivity index (χ1n) is 4.54. The zero-order valence-corrected chi connectivity index (χ0v) is 9.30. The molecule has 0 fully saturated rings. The van der Waals surface area contributed by atoms with Crippen molar-refractivity contribution in [1.82, 2.24) is 0 Å². The van der Waals surface area contributed by atoms with E-state index in [0.717, 1.165) is 0 Å². The highest BCUT2D eigenvalue weighted by molar-refractivity contribution is 6.34. The van der Waals surface area contributed by atoms with E-state index in [4.69, 9.17) is 16.3 Å². The molecule has 0 aliphatic heterocycles. The number of carbonyl (C=O) groups is 2. The third-order valence-electron chi connectivity index (χ3n) is 1.86. The van der Waals surface area contributed by atoms with E-state index >= 15 is 0 Å². The van der Waals surface area contributed by atoms with E-state index in [-0.39, 0.29) is 5.78 Å². The number of hydrogen-bond acceptors (Lipinski definition) is 3. The maximum Gasteiger partial charge on any atom is 0.338 e. The highest BCUT2D eigenvalue weighted by Gasteiger charge is 2.11. The van der Waals surface area contributed by atoms with Crippen LogP contribution in [-0.2, 0) is 4.74 Å². The third-order valence-corrected chi connectivity index (χ3v) is 2.19. The fourth-order valence-electron chi connectivity index (χ4n) is 1.14. The molecule has 0 aromatic heterocycles. The van der Waals surface area contributed by atoms with Crippen LogP contribution in [0, 0.1) is 0 Å². The van der Waals surface area contributed by atoms with E-state index in [1.165, 1.54) is 25.1 Å². The molecule has 0 saturated heterocycles. The Kier molecular flexibility index (Phi) is 3.86. The van der Waals surface area contributed by atoms with Gasteiger partial charge in [-0.05, 0) is 32.0 Å². The molecule has 1 aromatic rings.